The number of rotatable bonds is 3. The Kier molecular flexibility index (Phi) is 4.99. The van der Waals surface area contributed by atoms with Gasteiger partial charge in [0.15, 0.2) is 5.82 Å². The zero-order chi connectivity index (χ0) is 20.8. The molecule has 0 radical (unpaired) electrons. The third-order valence-corrected chi connectivity index (χ3v) is 6.43. The summed E-state index contributed by atoms with van der Waals surface area (Å²) < 4.78 is 8.61. The second-order valence-corrected chi connectivity index (χ2v) is 9.15. The van der Waals surface area contributed by atoms with Crippen molar-refractivity contribution in [2.75, 3.05) is 0 Å². The van der Waals surface area contributed by atoms with Crippen molar-refractivity contribution in [3.63, 3.8) is 0 Å². The third-order valence-electron chi connectivity index (χ3n) is 4.38. The Morgan fingerprint density at radius 2 is 1.87 bits per heavy atom. The average molecular weight is 519 g/mol. The highest BCUT2D eigenvalue weighted by Gasteiger charge is 2.13. The molecular formula is C21H10BrCl2N3O2S. The minimum Gasteiger partial charge on any atom is -0.457 e. The second kappa shape index (κ2) is 7.67. The van der Waals surface area contributed by atoms with Gasteiger partial charge >= 0.3 is 0 Å². The summed E-state index contributed by atoms with van der Waals surface area (Å²) in [4.78, 5) is 17.8. The number of furan rings is 1. The van der Waals surface area contributed by atoms with Gasteiger partial charge in [-0.25, -0.2) is 0 Å². The van der Waals surface area contributed by atoms with E-state index in [1.54, 1.807) is 36.4 Å². The minimum absolute atomic E-state index is 0.246. The van der Waals surface area contributed by atoms with Crippen LogP contribution in [0.2, 0.25) is 10.0 Å². The monoisotopic (exact) mass is 517 g/mol. The zero-order valence-electron chi connectivity index (χ0n) is 15.0. The number of hydrogen-bond acceptors (Lipinski definition) is 5. The number of fused-ring (bicyclic) bond motifs is 1. The molecule has 0 atom stereocenters. The van der Waals surface area contributed by atoms with Gasteiger partial charge in [-0.2, -0.15) is 9.50 Å². The Morgan fingerprint density at radius 3 is 2.63 bits per heavy atom. The molecular weight excluding hydrogens is 509 g/mol. The Hall–Kier alpha value is -2.45. The van der Waals surface area contributed by atoms with Crippen molar-refractivity contribution in [2.24, 2.45) is 0 Å². The highest BCUT2D eigenvalue weighted by Crippen LogP contribution is 2.32. The maximum Gasteiger partial charge on any atom is 0.291 e. The molecule has 0 saturated carbocycles. The van der Waals surface area contributed by atoms with Crippen molar-refractivity contribution >= 4 is 61.5 Å². The van der Waals surface area contributed by atoms with Crippen LogP contribution in [0, 0.1) is 0 Å². The van der Waals surface area contributed by atoms with Gasteiger partial charge in [-0.15, -0.1) is 5.10 Å². The maximum absolute atomic E-state index is 12.8. The van der Waals surface area contributed by atoms with E-state index in [-0.39, 0.29) is 5.56 Å². The summed E-state index contributed by atoms with van der Waals surface area (Å²) in [6.45, 7) is 0. The lowest BCUT2D eigenvalue weighted by Crippen LogP contribution is -2.23. The summed E-state index contributed by atoms with van der Waals surface area (Å²) in [6.07, 6.45) is 1.67. The van der Waals surface area contributed by atoms with Gasteiger partial charge in [0.1, 0.15) is 16.1 Å². The topological polar surface area (TPSA) is 60.4 Å². The Bertz CT molecular complexity index is 1510. The predicted molar refractivity (Wildman–Crippen MR) is 123 cm³/mol. The van der Waals surface area contributed by atoms with Crippen LogP contribution in [-0.2, 0) is 0 Å². The van der Waals surface area contributed by atoms with Crippen molar-refractivity contribution in [1.29, 1.82) is 0 Å². The second-order valence-electron chi connectivity index (χ2n) is 6.38. The molecule has 3 aromatic heterocycles. The molecule has 0 N–H and O–H groups in total. The van der Waals surface area contributed by atoms with Gasteiger partial charge in [0, 0.05) is 26.7 Å². The first kappa shape index (κ1) is 19.5. The number of halogens is 3. The lowest BCUT2D eigenvalue weighted by atomic mass is 10.2. The smallest absolute Gasteiger partial charge is 0.291 e. The number of benzene rings is 2. The molecule has 9 heteroatoms. The molecule has 0 spiro atoms. The normalized spacial score (nSPS) is 12.2. The summed E-state index contributed by atoms with van der Waals surface area (Å²) in [6, 6.07) is 16.3. The quantitative estimate of drug-likeness (QED) is 0.307. The molecule has 0 aliphatic rings. The fourth-order valence-electron chi connectivity index (χ4n) is 2.95. The molecule has 0 bridgehead atoms. The van der Waals surface area contributed by atoms with Crippen LogP contribution in [0.4, 0.5) is 0 Å². The molecule has 0 saturated heterocycles. The van der Waals surface area contributed by atoms with Gasteiger partial charge in [0.05, 0.1) is 5.02 Å². The zero-order valence-corrected chi connectivity index (χ0v) is 18.9. The lowest BCUT2D eigenvalue weighted by Gasteiger charge is -2.00. The van der Waals surface area contributed by atoms with Crippen LogP contribution in [0.15, 0.2) is 68.3 Å². The molecule has 2 aromatic carbocycles. The van der Waals surface area contributed by atoms with Crippen molar-refractivity contribution in [1.82, 2.24) is 14.6 Å². The van der Waals surface area contributed by atoms with Crippen LogP contribution in [0.25, 0.3) is 33.7 Å². The van der Waals surface area contributed by atoms with E-state index in [9.17, 15) is 4.79 Å². The minimum atomic E-state index is -0.246. The third kappa shape index (κ3) is 3.58. The van der Waals surface area contributed by atoms with Gasteiger partial charge in [0.25, 0.3) is 5.56 Å². The van der Waals surface area contributed by atoms with Gasteiger partial charge in [-0.3, -0.25) is 4.79 Å². The summed E-state index contributed by atoms with van der Waals surface area (Å²) in [5.41, 5.74) is 1.28. The summed E-state index contributed by atoms with van der Waals surface area (Å²) >= 11 is 16.9. The molecule has 0 amide bonds. The molecule has 5 nitrogen and oxygen atoms in total. The molecule has 30 heavy (non-hydrogen) atoms. The molecule has 0 fully saturated rings. The van der Waals surface area contributed by atoms with E-state index in [2.05, 4.69) is 26.0 Å². The number of hydrogen-bond donors (Lipinski definition) is 0. The first-order valence-electron chi connectivity index (χ1n) is 8.70. The maximum atomic E-state index is 12.8. The molecule has 0 unspecified atom stereocenters. The standard InChI is InChI=1S/C21H10BrCl2N3O2S/c22-12-3-1-11(2-4-12)19-25-21-27(26-19)20(28)18(30-21)10-14-6-8-17(29-14)15-9-13(23)5-7-16(15)24/h1-10H/b18-10-. The lowest BCUT2D eigenvalue weighted by molar-refractivity contribution is 0.571. The van der Waals surface area contributed by atoms with Crippen molar-refractivity contribution in [2.45, 2.75) is 0 Å². The van der Waals surface area contributed by atoms with Gasteiger partial charge < -0.3 is 4.42 Å². The molecule has 5 aromatic rings. The largest absolute Gasteiger partial charge is 0.457 e. The van der Waals surface area contributed by atoms with Crippen LogP contribution in [0.3, 0.4) is 0 Å². The summed E-state index contributed by atoms with van der Waals surface area (Å²) in [5, 5.41) is 5.45. The van der Waals surface area contributed by atoms with E-state index in [0.717, 1.165) is 10.0 Å². The predicted octanol–water partition coefficient (Wildman–Crippen LogP) is 5.70. The molecule has 5 rings (SSSR count). The van der Waals surface area contributed by atoms with Gasteiger partial charge in [0.2, 0.25) is 4.96 Å². The van der Waals surface area contributed by atoms with E-state index in [4.69, 9.17) is 27.6 Å². The van der Waals surface area contributed by atoms with E-state index < -0.39 is 0 Å². The summed E-state index contributed by atoms with van der Waals surface area (Å²) in [7, 11) is 0. The number of aromatic nitrogens is 3. The molecule has 0 aliphatic carbocycles. The molecule has 148 valence electrons. The SMILES string of the molecule is O=c1/c(=C/c2ccc(-c3cc(Cl)ccc3Cl)o2)sc2nc(-c3ccc(Br)cc3)nn12. The number of nitrogens with zero attached hydrogens (tertiary/aromatic N) is 3. The first-order valence-corrected chi connectivity index (χ1v) is 11.1. The van der Waals surface area contributed by atoms with E-state index in [1.165, 1.54) is 15.9 Å². The molecule has 0 aliphatic heterocycles. The van der Waals surface area contributed by atoms with Crippen molar-refractivity contribution in [3.8, 4) is 22.7 Å². The highest BCUT2D eigenvalue weighted by atomic mass is 79.9. The van der Waals surface area contributed by atoms with E-state index in [0.29, 0.717) is 42.4 Å². The van der Waals surface area contributed by atoms with Crippen LogP contribution < -0.4 is 10.1 Å². The van der Waals surface area contributed by atoms with E-state index in [1.807, 2.05) is 24.3 Å². The van der Waals surface area contributed by atoms with Crippen LogP contribution in [-0.4, -0.2) is 14.6 Å². The van der Waals surface area contributed by atoms with Crippen molar-refractivity contribution in [3.05, 3.63) is 89.8 Å². The average Bonchev–Trinajstić information content (AvgIpc) is 3.42. The van der Waals surface area contributed by atoms with Gasteiger partial charge in [-0.05, 0) is 42.5 Å². The van der Waals surface area contributed by atoms with Crippen LogP contribution in [0.1, 0.15) is 5.76 Å². The first-order chi connectivity index (χ1) is 14.5. The van der Waals surface area contributed by atoms with Crippen LogP contribution >= 0.6 is 50.5 Å². The van der Waals surface area contributed by atoms with E-state index >= 15 is 0 Å². The highest BCUT2D eigenvalue weighted by molar-refractivity contribution is 9.10. The number of thiazole rings is 1. The van der Waals surface area contributed by atoms with Crippen molar-refractivity contribution < 1.29 is 4.42 Å². The summed E-state index contributed by atoms with van der Waals surface area (Å²) in [5.74, 6) is 1.60. The Morgan fingerprint density at radius 1 is 1.07 bits per heavy atom. The van der Waals surface area contributed by atoms with Gasteiger partial charge in [-0.1, -0.05) is 62.6 Å². The Balaban J connectivity index is 1.52. The fraction of sp³-hybridized carbons (Fsp3) is 0. The van der Waals surface area contributed by atoms with Crippen LogP contribution in [0.5, 0.6) is 0 Å². The Labute approximate surface area is 192 Å². The molecule has 3 heterocycles. The fourth-order valence-corrected chi connectivity index (χ4v) is 4.48.